The van der Waals surface area contributed by atoms with Crippen LogP contribution in [-0.4, -0.2) is 27.4 Å². The number of carbonyl (C=O) groups excluding carboxylic acids is 1. The Morgan fingerprint density at radius 1 is 1.33 bits per heavy atom. The molecule has 0 saturated carbocycles. The summed E-state index contributed by atoms with van der Waals surface area (Å²) in [6, 6.07) is 7.11. The van der Waals surface area contributed by atoms with Gasteiger partial charge in [-0.15, -0.1) is 0 Å². The minimum atomic E-state index is -0.644. The van der Waals surface area contributed by atoms with Crippen molar-refractivity contribution < 1.29 is 9.18 Å². The largest absolute Gasteiger partial charge is 0.340 e. The molecular weight excluding hydrogens is 277 g/mol. The Labute approximate surface area is 119 Å². The summed E-state index contributed by atoms with van der Waals surface area (Å²) < 4.78 is 14.2. The Balaban J connectivity index is 2.06. The highest BCUT2D eigenvalue weighted by molar-refractivity contribution is 5.75. The summed E-state index contributed by atoms with van der Waals surface area (Å²) in [5.41, 5.74) is -0.508. The van der Waals surface area contributed by atoms with Crippen LogP contribution >= 0.6 is 0 Å². The molecule has 0 bridgehead atoms. The van der Waals surface area contributed by atoms with Gasteiger partial charge in [0.25, 0.3) is 5.56 Å². The highest BCUT2D eigenvalue weighted by Gasteiger charge is 2.11. The Morgan fingerprint density at radius 3 is 2.76 bits per heavy atom. The van der Waals surface area contributed by atoms with Crippen molar-refractivity contribution in [3.05, 3.63) is 68.7 Å². The van der Waals surface area contributed by atoms with Gasteiger partial charge >= 0.3 is 5.69 Å². The fourth-order valence-corrected chi connectivity index (χ4v) is 1.83. The number of halogens is 1. The molecule has 7 heteroatoms. The second-order valence-electron chi connectivity index (χ2n) is 4.62. The van der Waals surface area contributed by atoms with E-state index in [1.807, 2.05) is 0 Å². The molecule has 0 spiro atoms. The summed E-state index contributed by atoms with van der Waals surface area (Å²) in [4.78, 5) is 37.9. The molecule has 1 N–H and O–H groups in total. The summed E-state index contributed by atoms with van der Waals surface area (Å²) in [6.45, 7) is 0.0378. The van der Waals surface area contributed by atoms with Crippen LogP contribution in [0.25, 0.3) is 0 Å². The number of H-pyrrole nitrogens is 1. The van der Waals surface area contributed by atoms with E-state index in [0.717, 1.165) is 4.57 Å². The highest BCUT2D eigenvalue weighted by atomic mass is 19.1. The predicted molar refractivity (Wildman–Crippen MR) is 74.2 cm³/mol. The molecule has 2 aromatic rings. The Hall–Kier alpha value is -2.70. The number of carbonyl (C=O) groups is 1. The zero-order chi connectivity index (χ0) is 15.4. The molecule has 1 aromatic carbocycles. The van der Waals surface area contributed by atoms with Crippen molar-refractivity contribution in [1.82, 2.24) is 14.5 Å². The van der Waals surface area contributed by atoms with Crippen LogP contribution < -0.4 is 11.2 Å². The molecule has 0 saturated heterocycles. The van der Waals surface area contributed by atoms with Gasteiger partial charge in [0, 0.05) is 25.9 Å². The van der Waals surface area contributed by atoms with Crippen molar-refractivity contribution in [3.63, 3.8) is 0 Å². The quantitative estimate of drug-likeness (QED) is 0.882. The molecule has 0 aliphatic heterocycles. The first-order valence-corrected chi connectivity index (χ1v) is 6.24. The number of nitrogens with zero attached hydrogens (tertiary/aromatic N) is 2. The SMILES string of the molecule is CN(Cc1cccc(F)c1)C(=O)Cn1ccc(=O)[nH]c1=O. The minimum Gasteiger partial charge on any atom is -0.340 e. The summed E-state index contributed by atoms with van der Waals surface area (Å²) in [6.07, 6.45) is 1.26. The number of benzene rings is 1. The van der Waals surface area contributed by atoms with Gasteiger partial charge < -0.3 is 4.90 Å². The van der Waals surface area contributed by atoms with Crippen LogP contribution in [0.1, 0.15) is 5.56 Å². The van der Waals surface area contributed by atoms with E-state index in [0.29, 0.717) is 5.56 Å². The van der Waals surface area contributed by atoms with Gasteiger partial charge in [0.2, 0.25) is 5.91 Å². The molecule has 0 unspecified atom stereocenters. The van der Waals surface area contributed by atoms with E-state index in [1.54, 1.807) is 19.2 Å². The van der Waals surface area contributed by atoms with E-state index >= 15 is 0 Å². The maximum absolute atomic E-state index is 13.1. The molecule has 21 heavy (non-hydrogen) atoms. The summed E-state index contributed by atoms with van der Waals surface area (Å²) in [7, 11) is 1.56. The topological polar surface area (TPSA) is 75.2 Å². The number of nitrogens with one attached hydrogen (secondary N) is 1. The van der Waals surface area contributed by atoms with Gasteiger partial charge in [0.15, 0.2) is 0 Å². The first kappa shape index (κ1) is 14.7. The van der Waals surface area contributed by atoms with E-state index in [9.17, 15) is 18.8 Å². The van der Waals surface area contributed by atoms with Crippen molar-refractivity contribution in [1.29, 1.82) is 0 Å². The van der Waals surface area contributed by atoms with Crippen molar-refractivity contribution in [2.45, 2.75) is 13.1 Å². The first-order chi connectivity index (χ1) is 9.95. The summed E-state index contributed by atoms with van der Waals surface area (Å²) in [5.74, 6) is -0.696. The first-order valence-electron chi connectivity index (χ1n) is 6.24. The van der Waals surface area contributed by atoms with Crippen molar-refractivity contribution in [2.75, 3.05) is 7.05 Å². The molecule has 1 amide bonds. The molecule has 0 aliphatic rings. The second-order valence-corrected chi connectivity index (χ2v) is 4.62. The zero-order valence-electron chi connectivity index (χ0n) is 11.4. The number of likely N-dealkylation sites (N-methyl/N-ethyl adjacent to an activating group) is 1. The van der Waals surface area contributed by atoms with Gasteiger partial charge in [-0.3, -0.25) is 19.1 Å². The number of hydrogen-bond donors (Lipinski definition) is 1. The maximum Gasteiger partial charge on any atom is 0.328 e. The van der Waals surface area contributed by atoms with Crippen LogP contribution in [-0.2, 0) is 17.9 Å². The van der Waals surface area contributed by atoms with Gasteiger partial charge in [-0.1, -0.05) is 12.1 Å². The van der Waals surface area contributed by atoms with Crippen LogP contribution in [0.5, 0.6) is 0 Å². The number of amides is 1. The number of rotatable bonds is 4. The lowest BCUT2D eigenvalue weighted by Gasteiger charge is -2.17. The fourth-order valence-electron chi connectivity index (χ4n) is 1.83. The molecule has 110 valence electrons. The lowest BCUT2D eigenvalue weighted by Crippen LogP contribution is -2.36. The van der Waals surface area contributed by atoms with E-state index < -0.39 is 11.2 Å². The standard InChI is InChI=1S/C14H14FN3O3/c1-17(8-10-3-2-4-11(15)7-10)13(20)9-18-6-5-12(19)16-14(18)21/h2-7H,8-9H2,1H3,(H,16,19,21). The molecule has 6 nitrogen and oxygen atoms in total. The maximum atomic E-state index is 13.1. The Kier molecular flexibility index (Phi) is 4.32. The predicted octanol–water partition coefficient (Wildman–Crippen LogP) is 0.334. The smallest absolute Gasteiger partial charge is 0.328 e. The Morgan fingerprint density at radius 2 is 2.10 bits per heavy atom. The lowest BCUT2D eigenvalue weighted by atomic mass is 10.2. The van der Waals surface area contributed by atoms with E-state index in [2.05, 4.69) is 4.98 Å². The Bertz CT molecular complexity index is 766. The van der Waals surface area contributed by atoms with Crippen molar-refractivity contribution in [3.8, 4) is 0 Å². The molecule has 0 fully saturated rings. The highest BCUT2D eigenvalue weighted by Crippen LogP contribution is 2.06. The van der Waals surface area contributed by atoms with E-state index in [4.69, 9.17) is 0 Å². The third-order valence-electron chi connectivity index (χ3n) is 2.94. The van der Waals surface area contributed by atoms with Gasteiger partial charge in [0.1, 0.15) is 12.4 Å². The molecule has 1 heterocycles. The third kappa shape index (κ3) is 3.88. The van der Waals surface area contributed by atoms with Gasteiger partial charge in [-0.25, -0.2) is 9.18 Å². The molecule has 0 radical (unpaired) electrons. The number of hydrogen-bond acceptors (Lipinski definition) is 3. The molecular formula is C14H14FN3O3. The van der Waals surface area contributed by atoms with Crippen LogP contribution in [0.2, 0.25) is 0 Å². The number of aromatic amines is 1. The summed E-state index contributed by atoms with van der Waals surface area (Å²) >= 11 is 0. The average Bonchev–Trinajstić information content (AvgIpc) is 2.41. The van der Waals surface area contributed by atoms with Crippen LogP contribution in [0.4, 0.5) is 4.39 Å². The van der Waals surface area contributed by atoms with Crippen LogP contribution in [0, 0.1) is 5.82 Å². The van der Waals surface area contributed by atoms with E-state index in [-0.39, 0.29) is 24.8 Å². The van der Waals surface area contributed by atoms with Gasteiger partial charge in [-0.2, -0.15) is 0 Å². The molecule has 0 aliphatic carbocycles. The second kappa shape index (κ2) is 6.17. The minimum absolute atomic E-state index is 0.193. The fraction of sp³-hybridized carbons (Fsp3) is 0.214. The van der Waals surface area contributed by atoms with Crippen LogP contribution in [0.15, 0.2) is 46.1 Å². The van der Waals surface area contributed by atoms with E-state index in [1.165, 1.54) is 29.3 Å². The third-order valence-corrected chi connectivity index (χ3v) is 2.94. The molecule has 1 aromatic heterocycles. The molecule has 2 rings (SSSR count). The van der Waals surface area contributed by atoms with Gasteiger partial charge in [0.05, 0.1) is 0 Å². The summed E-state index contributed by atoms with van der Waals surface area (Å²) in [5, 5.41) is 0. The normalized spacial score (nSPS) is 10.4. The number of aromatic nitrogens is 2. The van der Waals surface area contributed by atoms with Crippen molar-refractivity contribution >= 4 is 5.91 Å². The average molecular weight is 291 g/mol. The van der Waals surface area contributed by atoms with Crippen molar-refractivity contribution in [2.24, 2.45) is 0 Å². The van der Waals surface area contributed by atoms with Crippen LogP contribution in [0.3, 0.4) is 0 Å². The van der Waals surface area contributed by atoms with Gasteiger partial charge in [-0.05, 0) is 17.7 Å². The zero-order valence-corrected chi connectivity index (χ0v) is 11.4. The monoisotopic (exact) mass is 291 g/mol. The lowest BCUT2D eigenvalue weighted by molar-refractivity contribution is -0.131. The molecule has 0 atom stereocenters.